The first-order valence-corrected chi connectivity index (χ1v) is 11.7. The van der Waals surface area contributed by atoms with Crippen molar-refractivity contribution in [2.45, 2.75) is 18.9 Å². The van der Waals surface area contributed by atoms with Gasteiger partial charge in [0.05, 0.1) is 0 Å². The quantitative estimate of drug-likeness (QED) is 0.357. The number of hydrogen-bond donors (Lipinski definition) is 2. The Labute approximate surface area is 203 Å². The molecular weight excluding hydrogens is 434 g/mol. The number of benzene rings is 4. The minimum atomic E-state index is -0.373. The molecule has 0 spiro atoms. The summed E-state index contributed by atoms with van der Waals surface area (Å²) in [5, 5.41) is 15.5. The Morgan fingerprint density at radius 3 is 2.37 bits per heavy atom. The van der Waals surface area contributed by atoms with E-state index in [9.17, 15) is 9.90 Å². The molecule has 0 radical (unpaired) electrons. The Hall–Kier alpha value is -4.51. The average molecular weight is 459 g/mol. The number of fused-ring (bicyclic) bond motifs is 2. The standard InChI is InChI=1S/C30H23N3O2/c34-25-14-12-23(13-15-25)28-19-33-29(26(31-28)17-20-6-2-1-3-7-20)32-27(30(33)35)18-21-10-11-22-8-4-5-9-24(22)16-21/h1-16,19,27,34H,17-18H2/p+1. The molecule has 1 aliphatic rings. The third-order valence-electron chi connectivity index (χ3n) is 6.50. The third-order valence-corrected chi connectivity index (χ3v) is 6.50. The van der Waals surface area contributed by atoms with E-state index in [2.05, 4.69) is 47.8 Å². The van der Waals surface area contributed by atoms with Crippen molar-refractivity contribution in [2.75, 3.05) is 5.32 Å². The summed E-state index contributed by atoms with van der Waals surface area (Å²) >= 11 is 0. The average Bonchev–Trinajstić information content (AvgIpc) is 3.20. The van der Waals surface area contributed by atoms with Crippen LogP contribution in [0.3, 0.4) is 0 Å². The fourth-order valence-corrected chi connectivity index (χ4v) is 4.70. The summed E-state index contributed by atoms with van der Waals surface area (Å²) in [5.74, 6) is 0.942. The highest BCUT2D eigenvalue weighted by Crippen LogP contribution is 2.26. The van der Waals surface area contributed by atoms with Gasteiger partial charge in [0.25, 0.3) is 0 Å². The molecule has 0 saturated heterocycles. The number of aromatic nitrogens is 2. The van der Waals surface area contributed by atoms with Gasteiger partial charge in [-0.05, 0) is 46.2 Å². The van der Waals surface area contributed by atoms with E-state index in [4.69, 9.17) is 4.98 Å². The van der Waals surface area contributed by atoms with E-state index in [0.717, 1.165) is 28.2 Å². The lowest BCUT2D eigenvalue weighted by molar-refractivity contribution is -0.552. The van der Waals surface area contributed by atoms with Gasteiger partial charge in [0, 0.05) is 18.4 Å². The first-order chi connectivity index (χ1) is 17.1. The SMILES string of the molecule is O=C1C(Cc2ccc3ccccc3c2)Nc2c(Cc3ccccc3)nc(-c3ccc(O)cc3)c[n+]21. The van der Waals surface area contributed by atoms with Gasteiger partial charge in [-0.25, -0.2) is 9.78 Å². The van der Waals surface area contributed by atoms with Crippen LogP contribution in [0.5, 0.6) is 5.75 Å². The van der Waals surface area contributed by atoms with Crippen molar-refractivity contribution in [3.8, 4) is 17.0 Å². The second-order valence-corrected chi connectivity index (χ2v) is 8.92. The van der Waals surface area contributed by atoms with E-state index in [-0.39, 0.29) is 17.7 Å². The summed E-state index contributed by atoms with van der Waals surface area (Å²) < 4.78 is 1.71. The van der Waals surface area contributed by atoms with Crippen LogP contribution in [0.1, 0.15) is 21.6 Å². The third kappa shape index (κ3) is 4.13. The van der Waals surface area contributed by atoms with Crippen molar-refractivity contribution in [1.29, 1.82) is 0 Å². The molecule has 0 amide bonds. The van der Waals surface area contributed by atoms with Crippen molar-refractivity contribution in [3.05, 3.63) is 120 Å². The second kappa shape index (κ2) is 8.69. The zero-order valence-electron chi connectivity index (χ0n) is 19.1. The molecule has 6 rings (SSSR count). The zero-order valence-corrected chi connectivity index (χ0v) is 19.1. The van der Waals surface area contributed by atoms with Crippen molar-refractivity contribution < 1.29 is 14.5 Å². The molecule has 2 N–H and O–H groups in total. The minimum Gasteiger partial charge on any atom is -0.508 e. The van der Waals surface area contributed by atoms with Gasteiger partial charge in [-0.15, -0.1) is 0 Å². The van der Waals surface area contributed by atoms with Gasteiger partial charge in [-0.3, -0.25) is 5.32 Å². The van der Waals surface area contributed by atoms with E-state index >= 15 is 0 Å². The van der Waals surface area contributed by atoms with Gasteiger partial charge in [0.1, 0.15) is 23.3 Å². The Bertz CT molecular complexity index is 1550. The summed E-state index contributed by atoms with van der Waals surface area (Å²) in [7, 11) is 0. The monoisotopic (exact) mass is 458 g/mol. The molecule has 2 heterocycles. The number of carbonyl (C=O) groups excluding carboxylic acids is 1. The van der Waals surface area contributed by atoms with Crippen LogP contribution in [-0.4, -0.2) is 22.0 Å². The van der Waals surface area contributed by atoms with Gasteiger partial charge in [-0.2, -0.15) is 4.57 Å². The molecular formula is C30H24N3O2+. The van der Waals surface area contributed by atoms with Gasteiger partial charge in [-0.1, -0.05) is 72.8 Å². The van der Waals surface area contributed by atoms with E-state index < -0.39 is 0 Å². The highest BCUT2D eigenvalue weighted by Gasteiger charge is 2.41. The molecule has 1 aliphatic heterocycles. The molecule has 0 saturated carbocycles. The van der Waals surface area contributed by atoms with Crippen LogP contribution >= 0.6 is 0 Å². The maximum absolute atomic E-state index is 13.5. The summed E-state index contributed by atoms with van der Waals surface area (Å²) in [4.78, 5) is 18.5. The maximum Gasteiger partial charge on any atom is 0.359 e. The minimum absolute atomic E-state index is 0.00454. The molecule has 0 bridgehead atoms. The number of nitrogens with zero attached hydrogens (tertiary/aromatic N) is 2. The number of phenolic OH excluding ortho intramolecular Hbond substituents is 1. The van der Waals surface area contributed by atoms with Crippen LogP contribution in [-0.2, 0) is 12.8 Å². The number of nitrogens with one attached hydrogen (secondary N) is 1. The fourth-order valence-electron chi connectivity index (χ4n) is 4.70. The summed E-state index contributed by atoms with van der Waals surface area (Å²) in [6, 6.07) is 31.3. The Morgan fingerprint density at radius 1 is 0.829 bits per heavy atom. The smallest absolute Gasteiger partial charge is 0.359 e. The molecule has 35 heavy (non-hydrogen) atoms. The highest BCUT2D eigenvalue weighted by atomic mass is 16.3. The zero-order chi connectivity index (χ0) is 23.8. The number of phenols is 1. The summed E-state index contributed by atoms with van der Waals surface area (Å²) in [5.41, 5.74) is 4.59. The van der Waals surface area contributed by atoms with Crippen LogP contribution in [0.15, 0.2) is 103 Å². The number of aromatic hydroxyl groups is 1. The van der Waals surface area contributed by atoms with Crippen LogP contribution in [0.25, 0.3) is 22.0 Å². The molecule has 5 nitrogen and oxygen atoms in total. The van der Waals surface area contributed by atoms with E-state index in [1.54, 1.807) is 22.9 Å². The molecule has 1 aromatic heterocycles. The predicted molar refractivity (Wildman–Crippen MR) is 136 cm³/mol. The first-order valence-electron chi connectivity index (χ1n) is 11.7. The molecule has 5 heteroatoms. The van der Waals surface area contributed by atoms with Crippen molar-refractivity contribution in [1.82, 2.24) is 4.98 Å². The number of carbonyl (C=O) groups is 1. The molecule has 170 valence electrons. The van der Waals surface area contributed by atoms with Gasteiger partial charge < -0.3 is 5.11 Å². The predicted octanol–water partition coefficient (Wildman–Crippen LogP) is 5.16. The number of anilines is 1. The van der Waals surface area contributed by atoms with E-state index in [0.29, 0.717) is 18.5 Å². The molecule has 1 atom stereocenters. The normalized spacial score (nSPS) is 14.6. The van der Waals surface area contributed by atoms with Crippen LogP contribution in [0, 0.1) is 0 Å². The lowest BCUT2D eigenvalue weighted by atomic mass is 10.0. The molecule has 4 aromatic carbocycles. The van der Waals surface area contributed by atoms with Crippen molar-refractivity contribution in [2.24, 2.45) is 0 Å². The Morgan fingerprint density at radius 2 is 1.57 bits per heavy atom. The van der Waals surface area contributed by atoms with Gasteiger partial charge in [0.2, 0.25) is 0 Å². The van der Waals surface area contributed by atoms with Gasteiger partial charge >= 0.3 is 11.7 Å². The largest absolute Gasteiger partial charge is 0.508 e. The van der Waals surface area contributed by atoms with Crippen LogP contribution in [0.4, 0.5) is 5.82 Å². The molecule has 5 aromatic rings. The maximum atomic E-state index is 13.5. The number of rotatable bonds is 5. The lowest BCUT2D eigenvalue weighted by Crippen LogP contribution is -2.44. The topological polar surface area (TPSA) is 66.1 Å². The van der Waals surface area contributed by atoms with Crippen molar-refractivity contribution in [3.63, 3.8) is 0 Å². The highest BCUT2D eigenvalue weighted by molar-refractivity contribution is 5.85. The number of hydrogen-bond acceptors (Lipinski definition) is 4. The Balaban J connectivity index is 1.37. The molecule has 1 unspecified atom stereocenters. The second-order valence-electron chi connectivity index (χ2n) is 8.92. The fraction of sp³-hybridized carbons (Fsp3) is 0.100. The lowest BCUT2D eigenvalue weighted by Gasteiger charge is -2.07. The van der Waals surface area contributed by atoms with Crippen LogP contribution in [0.2, 0.25) is 0 Å². The summed E-state index contributed by atoms with van der Waals surface area (Å²) in [6.45, 7) is 0. The molecule has 0 aliphatic carbocycles. The Kier molecular flexibility index (Phi) is 5.23. The van der Waals surface area contributed by atoms with Gasteiger partial charge in [0.15, 0.2) is 6.04 Å². The first kappa shape index (κ1) is 21.1. The summed E-state index contributed by atoms with van der Waals surface area (Å²) in [6.07, 6.45) is 2.99. The van der Waals surface area contributed by atoms with Crippen molar-refractivity contribution >= 4 is 22.5 Å². The van der Waals surface area contributed by atoms with E-state index in [1.165, 1.54) is 10.8 Å². The van der Waals surface area contributed by atoms with Crippen LogP contribution < -0.4 is 9.88 Å². The van der Waals surface area contributed by atoms with E-state index in [1.807, 2.05) is 42.5 Å². The molecule has 0 fully saturated rings.